The van der Waals surface area contributed by atoms with E-state index in [1.807, 2.05) is 22.6 Å². The second kappa shape index (κ2) is 8.10. The van der Waals surface area contributed by atoms with Gasteiger partial charge in [0.25, 0.3) is 0 Å². The summed E-state index contributed by atoms with van der Waals surface area (Å²) in [5.41, 5.74) is 1.31. The number of nitrogens with zero attached hydrogens (tertiary/aromatic N) is 7. The lowest BCUT2D eigenvalue weighted by molar-refractivity contribution is 0.0862. The lowest BCUT2D eigenvalue weighted by atomic mass is 9.87. The van der Waals surface area contributed by atoms with Gasteiger partial charge in [0.2, 0.25) is 0 Å². The molecule has 3 heterocycles. The maximum Gasteiger partial charge on any atom is 0.140 e. The molecule has 25 heavy (non-hydrogen) atoms. The molecule has 2 aromatic heterocycles. The van der Waals surface area contributed by atoms with E-state index in [2.05, 4.69) is 52.1 Å². The van der Waals surface area contributed by atoms with Crippen LogP contribution < -0.4 is 0 Å². The van der Waals surface area contributed by atoms with Gasteiger partial charge in [-0.15, -0.1) is 0 Å². The second-order valence-electron chi connectivity index (χ2n) is 7.30. The van der Waals surface area contributed by atoms with Gasteiger partial charge in [-0.25, -0.2) is 9.67 Å². The summed E-state index contributed by atoms with van der Waals surface area (Å²) >= 11 is 0. The van der Waals surface area contributed by atoms with Crippen LogP contribution in [0.15, 0.2) is 18.6 Å². The van der Waals surface area contributed by atoms with E-state index in [-0.39, 0.29) is 0 Å². The van der Waals surface area contributed by atoms with Crippen LogP contribution >= 0.6 is 0 Å². The number of aryl methyl sites for hydroxylation is 2. The first kappa shape index (κ1) is 18.1. The monoisotopic (exact) mass is 345 g/mol. The number of hydrogen-bond acceptors (Lipinski definition) is 5. The topological polar surface area (TPSA) is 55.0 Å². The van der Waals surface area contributed by atoms with Gasteiger partial charge in [-0.05, 0) is 51.9 Å². The maximum atomic E-state index is 4.45. The minimum absolute atomic E-state index is 0.428. The van der Waals surface area contributed by atoms with Gasteiger partial charge in [0.1, 0.15) is 12.2 Å². The minimum atomic E-state index is 0.428. The molecule has 7 heteroatoms. The summed E-state index contributed by atoms with van der Waals surface area (Å²) in [6.07, 6.45) is 7.18. The Kier molecular flexibility index (Phi) is 5.86. The Morgan fingerprint density at radius 1 is 1.28 bits per heavy atom. The molecule has 3 rings (SSSR count). The van der Waals surface area contributed by atoms with Crippen molar-refractivity contribution in [1.82, 2.24) is 34.3 Å². The molecule has 0 bridgehead atoms. The van der Waals surface area contributed by atoms with Crippen LogP contribution in [-0.4, -0.2) is 61.5 Å². The van der Waals surface area contributed by atoms with Gasteiger partial charge >= 0.3 is 0 Å². The highest BCUT2D eigenvalue weighted by molar-refractivity contribution is 5.10. The number of piperidine rings is 1. The van der Waals surface area contributed by atoms with Crippen molar-refractivity contribution < 1.29 is 0 Å². The first-order valence-corrected chi connectivity index (χ1v) is 9.33. The standard InChI is InChI=1S/C18H31N7/c1-5-10-25-17(19-14-21-25)13-22(2)12-15-7-6-11-23(3)18(15)16-8-9-20-24(16)4/h8-9,14-15,18H,5-7,10-13H2,1-4H3/t15-,18+/m0/s1. The van der Waals surface area contributed by atoms with Gasteiger partial charge in [-0.1, -0.05) is 6.92 Å². The van der Waals surface area contributed by atoms with Crippen LogP contribution in [0.1, 0.15) is 43.7 Å². The van der Waals surface area contributed by atoms with Crippen LogP contribution in [0.2, 0.25) is 0 Å². The SMILES string of the molecule is CCCn1ncnc1CN(C)C[C@@H]1CCCN(C)[C@H]1c1ccnn1C. The molecule has 2 atom stereocenters. The molecule has 0 radical (unpaired) electrons. The Balaban J connectivity index is 1.69. The van der Waals surface area contributed by atoms with E-state index in [0.717, 1.165) is 38.4 Å². The molecule has 1 fully saturated rings. The van der Waals surface area contributed by atoms with E-state index in [9.17, 15) is 0 Å². The highest BCUT2D eigenvalue weighted by Crippen LogP contribution is 2.35. The van der Waals surface area contributed by atoms with E-state index in [4.69, 9.17) is 0 Å². The average molecular weight is 345 g/mol. The smallest absolute Gasteiger partial charge is 0.140 e. The molecule has 0 saturated carbocycles. The lowest BCUT2D eigenvalue weighted by Gasteiger charge is -2.40. The van der Waals surface area contributed by atoms with Crippen molar-refractivity contribution in [2.24, 2.45) is 13.0 Å². The molecule has 0 spiro atoms. The van der Waals surface area contributed by atoms with Crippen LogP contribution in [0.3, 0.4) is 0 Å². The van der Waals surface area contributed by atoms with Crippen molar-refractivity contribution in [2.45, 2.75) is 45.3 Å². The third-order valence-electron chi connectivity index (χ3n) is 5.26. The Morgan fingerprint density at radius 3 is 2.84 bits per heavy atom. The summed E-state index contributed by atoms with van der Waals surface area (Å²) in [4.78, 5) is 9.33. The molecule has 1 saturated heterocycles. The van der Waals surface area contributed by atoms with Crippen molar-refractivity contribution in [3.8, 4) is 0 Å². The van der Waals surface area contributed by atoms with Crippen LogP contribution in [0.5, 0.6) is 0 Å². The van der Waals surface area contributed by atoms with Crippen molar-refractivity contribution in [1.29, 1.82) is 0 Å². The van der Waals surface area contributed by atoms with Crippen molar-refractivity contribution in [3.63, 3.8) is 0 Å². The second-order valence-corrected chi connectivity index (χ2v) is 7.30. The first-order chi connectivity index (χ1) is 12.1. The zero-order chi connectivity index (χ0) is 17.8. The van der Waals surface area contributed by atoms with Gasteiger partial charge in [0, 0.05) is 26.3 Å². The molecule has 0 N–H and O–H groups in total. The first-order valence-electron chi connectivity index (χ1n) is 9.33. The van der Waals surface area contributed by atoms with Crippen LogP contribution in [0.25, 0.3) is 0 Å². The predicted octanol–water partition coefficient (Wildman–Crippen LogP) is 1.94. The average Bonchev–Trinajstić information content (AvgIpc) is 3.18. The third kappa shape index (κ3) is 4.10. The Morgan fingerprint density at radius 2 is 2.12 bits per heavy atom. The Bertz CT molecular complexity index is 662. The highest BCUT2D eigenvalue weighted by Gasteiger charge is 2.33. The molecule has 1 aliphatic heterocycles. The minimum Gasteiger partial charge on any atom is -0.299 e. The largest absolute Gasteiger partial charge is 0.299 e. The van der Waals surface area contributed by atoms with E-state index >= 15 is 0 Å². The van der Waals surface area contributed by atoms with Gasteiger partial charge < -0.3 is 0 Å². The third-order valence-corrected chi connectivity index (χ3v) is 5.26. The molecule has 0 aliphatic carbocycles. The zero-order valence-corrected chi connectivity index (χ0v) is 16.0. The van der Waals surface area contributed by atoms with Crippen molar-refractivity contribution in [3.05, 3.63) is 30.1 Å². The zero-order valence-electron chi connectivity index (χ0n) is 16.0. The molecule has 138 valence electrons. The molecule has 0 unspecified atom stereocenters. The highest BCUT2D eigenvalue weighted by atomic mass is 15.3. The van der Waals surface area contributed by atoms with Crippen LogP contribution in [0.4, 0.5) is 0 Å². The normalized spacial score (nSPS) is 22.0. The van der Waals surface area contributed by atoms with E-state index in [1.165, 1.54) is 18.5 Å². The molecule has 2 aromatic rings. The molecule has 0 amide bonds. The summed E-state index contributed by atoms with van der Waals surface area (Å²) in [6, 6.07) is 2.59. The van der Waals surface area contributed by atoms with Gasteiger partial charge in [-0.2, -0.15) is 10.2 Å². The van der Waals surface area contributed by atoms with E-state index < -0.39 is 0 Å². The quantitative estimate of drug-likeness (QED) is 0.767. The molecular weight excluding hydrogens is 314 g/mol. The lowest BCUT2D eigenvalue weighted by Crippen LogP contribution is -2.41. The van der Waals surface area contributed by atoms with Gasteiger partial charge in [0.05, 0.1) is 18.3 Å². The summed E-state index contributed by atoms with van der Waals surface area (Å²) in [6.45, 7) is 6.16. The summed E-state index contributed by atoms with van der Waals surface area (Å²) < 4.78 is 4.06. The summed E-state index contributed by atoms with van der Waals surface area (Å²) in [5, 5.41) is 8.73. The number of hydrogen-bond donors (Lipinski definition) is 0. The Hall–Kier alpha value is -1.73. The molecular formula is C18H31N7. The van der Waals surface area contributed by atoms with Crippen LogP contribution in [-0.2, 0) is 20.1 Å². The number of likely N-dealkylation sites (tertiary alicyclic amines) is 1. The van der Waals surface area contributed by atoms with Crippen LogP contribution in [0, 0.1) is 5.92 Å². The molecule has 1 aliphatic rings. The fourth-order valence-corrected chi connectivity index (χ4v) is 4.11. The number of aromatic nitrogens is 5. The van der Waals surface area contributed by atoms with Crippen molar-refractivity contribution >= 4 is 0 Å². The molecule has 0 aromatic carbocycles. The van der Waals surface area contributed by atoms with Gasteiger partial charge in [-0.3, -0.25) is 14.5 Å². The van der Waals surface area contributed by atoms with Gasteiger partial charge in [0.15, 0.2) is 0 Å². The summed E-state index contributed by atoms with van der Waals surface area (Å²) in [7, 11) is 6.48. The fraction of sp³-hybridized carbons (Fsp3) is 0.722. The predicted molar refractivity (Wildman–Crippen MR) is 98.0 cm³/mol. The number of rotatable bonds is 7. The summed E-state index contributed by atoms with van der Waals surface area (Å²) in [5.74, 6) is 1.66. The Labute approximate surface area is 150 Å². The molecule has 7 nitrogen and oxygen atoms in total. The van der Waals surface area contributed by atoms with E-state index in [1.54, 1.807) is 6.33 Å². The fourth-order valence-electron chi connectivity index (χ4n) is 4.11. The van der Waals surface area contributed by atoms with E-state index in [0.29, 0.717) is 12.0 Å². The van der Waals surface area contributed by atoms with Crippen molar-refractivity contribution in [2.75, 3.05) is 27.2 Å². The maximum absolute atomic E-state index is 4.45.